The van der Waals surface area contributed by atoms with E-state index in [1.165, 1.54) is 6.07 Å². The number of rotatable bonds is 2. The molecule has 7 nitrogen and oxygen atoms in total. The van der Waals surface area contributed by atoms with Crippen LogP contribution in [0.2, 0.25) is 0 Å². The Labute approximate surface area is 208 Å². The number of fused-ring (bicyclic) bond motifs is 5. The molecule has 0 saturated heterocycles. The number of cyclic esters (lactones) is 1. The molecule has 1 aromatic carbocycles. The number of aliphatic hydroxyl groups is 1. The summed E-state index contributed by atoms with van der Waals surface area (Å²) in [6, 6.07) is 3.20. The summed E-state index contributed by atoms with van der Waals surface area (Å²) in [7, 11) is 0. The summed E-state index contributed by atoms with van der Waals surface area (Å²) in [5.74, 6) is -1.04. The smallest absolute Gasteiger partial charge is 0.343 e. The summed E-state index contributed by atoms with van der Waals surface area (Å²) in [6.07, 6.45) is 1.63. The normalized spacial score (nSPS) is 22.3. The van der Waals surface area contributed by atoms with E-state index >= 15 is 0 Å². The molecule has 3 aliphatic rings. The fourth-order valence-electron chi connectivity index (χ4n) is 6.22. The number of esters is 1. The molecule has 3 aromatic rings. The Morgan fingerprint density at radius 3 is 2.69 bits per heavy atom. The minimum Gasteiger partial charge on any atom is -0.458 e. The predicted octanol–water partition coefficient (Wildman–Crippen LogP) is 3.90. The average molecular weight is 492 g/mol. The van der Waals surface area contributed by atoms with E-state index in [1.807, 2.05) is 6.92 Å². The van der Waals surface area contributed by atoms with Crippen molar-refractivity contribution in [3.05, 3.63) is 61.7 Å². The predicted molar refractivity (Wildman–Crippen MR) is 133 cm³/mol. The molecule has 6 rings (SSSR count). The molecule has 1 aliphatic carbocycles. The Bertz CT molecular complexity index is 1550. The fourth-order valence-corrected chi connectivity index (χ4v) is 6.22. The number of nitrogens with zero attached hydrogens (tertiary/aromatic N) is 2. The van der Waals surface area contributed by atoms with Crippen molar-refractivity contribution in [1.29, 1.82) is 0 Å². The summed E-state index contributed by atoms with van der Waals surface area (Å²) in [5.41, 5.74) is 3.55. The summed E-state index contributed by atoms with van der Waals surface area (Å²) in [5, 5.41) is 15.9. The van der Waals surface area contributed by atoms with Gasteiger partial charge in [-0.25, -0.2) is 14.2 Å². The third-order valence-electron chi connectivity index (χ3n) is 7.99. The van der Waals surface area contributed by atoms with Gasteiger partial charge in [0.2, 0.25) is 0 Å². The van der Waals surface area contributed by atoms with Crippen LogP contribution < -0.4 is 10.9 Å². The largest absolute Gasteiger partial charge is 0.458 e. The first-order chi connectivity index (χ1) is 16.9. The van der Waals surface area contributed by atoms with Gasteiger partial charge in [0.15, 0.2) is 5.60 Å². The zero-order chi connectivity index (χ0) is 25.7. The minimum absolute atomic E-state index is 0.0127. The molecule has 2 atom stereocenters. The van der Waals surface area contributed by atoms with Gasteiger partial charge in [0.25, 0.3) is 5.56 Å². The maximum Gasteiger partial charge on any atom is 0.343 e. The van der Waals surface area contributed by atoms with E-state index in [4.69, 9.17) is 9.72 Å². The number of hydrogen-bond donors (Lipinski definition) is 2. The number of aromatic nitrogens is 2. The van der Waals surface area contributed by atoms with Gasteiger partial charge in [0.1, 0.15) is 12.4 Å². The van der Waals surface area contributed by atoms with Gasteiger partial charge in [-0.05, 0) is 69.7 Å². The molecule has 2 aromatic heterocycles. The van der Waals surface area contributed by atoms with Crippen LogP contribution in [0.1, 0.15) is 80.0 Å². The first-order valence-electron chi connectivity index (χ1n) is 12.5. The lowest BCUT2D eigenvalue weighted by Crippen LogP contribution is -2.44. The zero-order valence-corrected chi connectivity index (χ0v) is 21.2. The van der Waals surface area contributed by atoms with Crippen molar-refractivity contribution in [2.75, 3.05) is 0 Å². The highest BCUT2D eigenvalue weighted by atomic mass is 19.1. The van der Waals surface area contributed by atoms with Crippen molar-refractivity contribution in [3.8, 4) is 11.4 Å². The van der Waals surface area contributed by atoms with Crippen LogP contribution in [0.3, 0.4) is 0 Å². The van der Waals surface area contributed by atoms with E-state index in [2.05, 4.69) is 26.1 Å². The second-order valence-electron chi connectivity index (χ2n) is 11.3. The quantitative estimate of drug-likeness (QED) is 0.413. The molecule has 8 heteroatoms. The number of halogens is 1. The summed E-state index contributed by atoms with van der Waals surface area (Å²) < 4.78 is 21.8. The molecule has 188 valence electrons. The summed E-state index contributed by atoms with van der Waals surface area (Å²) in [4.78, 5) is 31.0. The van der Waals surface area contributed by atoms with E-state index in [-0.39, 0.29) is 41.5 Å². The molecular weight excluding hydrogens is 461 g/mol. The van der Waals surface area contributed by atoms with Gasteiger partial charge < -0.3 is 19.7 Å². The highest BCUT2D eigenvalue weighted by molar-refractivity contribution is 5.93. The third kappa shape index (κ3) is 3.07. The van der Waals surface area contributed by atoms with Crippen LogP contribution in [-0.2, 0) is 34.7 Å². The van der Waals surface area contributed by atoms with Crippen LogP contribution >= 0.6 is 0 Å². The fraction of sp³-hybridized carbons (Fsp3) is 0.464. The maximum atomic E-state index is 15.0. The number of carbonyl (C=O) groups is 1. The Morgan fingerprint density at radius 2 is 2.00 bits per heavy atom. The number of hydrogen-bond acceptors (Lipinski definition) is 6. The number of carbonyl (C=O) groups excluding carboxylic acids is 1. The first kappa shape index (κ1) is 23.3. The molecule has 4 heterocycles. The van der Waals surface area contributed by atoms with Crippen LogP contribution in [0.5, 0.6) is 0 Å². The number of aryl methyl sites for hydroxylation is 1. The number of ether oxygens (including phenoxy) is 1. The van der Waals surface area contributed by atoms with Crippen molar-refractivity contribution in [3.63, 3.8) is 0 Å². The first-order valence-corrected chi connectivity index (χ1v) is 12.5. The Hall–Kier alpha value is -3.10. The van der Waals surface area contributed by atoms with Crippen LogP contribution in [0.15, 0.2) is 16.9 Å². The van der Waals surface area contributed by atoms with Crippen LogP contribution in [0.4, 0.5) is 4.39 Å². The summed E-state index contributed by atoms with van der Waals surface area (Å²) >= 11 is 0. The van der Waals surface area contributed by atoms with Crippen molar-refractivity contribution >= 4 is 16.9 Å². The van der Waals surface area contributed by atoms with Crippen LogP contribution in [0, 0.1) is 12.7 Å². The van der Waals surface area contributed by atoms with Gasteiger partial charge in [-0.2, -0.15) is 0 Å². The van der Waals surface area contributed by atoms with E-state index in [9.17, 15) is 19.1 Å². The second kappa shape index (κ2) is 7.46. The molecule has 0 unspecified atom stereocenters. The lowest BCUT2D eigenvalue weighted by atomic mass is 9.81. The van der Waals surface area contributed by atoms with E-state index in [1.54, 1.807) is 17.6 Å². The Kier molecular flexibility index (Phi) is 4.83. The lowest BCUT2D eigenvalue weighted by Gasteiger charge is -2.34. The van der Waals surface area contributed by atoms with Crippen LogP contribution in [0.25, 0.3) is 22.3 Å². The van der Waals surface area contributed by atoms with E-state index in [0.717, 1.165) is 34.9 Å². The molecule has 0 amide bonds. The molecule has 0 radical (unpaired) electrons. The van der Waals surface area contributed by atoms with Gasteiger partial charge in [-0.1, -0.05) is 6.92 Å². The number of benzene rings is 1. The van der Waals surface area contributed by atoms with Crippen molar-refractivity contribution in [2.45, 2.75) is 84.2 Å². The molecule has 36 heavy (non-hydrogen) atoms. The number of pyridine rings is 2. The Balaban J connectivity index is 1.67. The van der Waals surface area contributed by atoms with Crippen molar-refractivity contribution in [1.82, 2.24) is 14.9 Å². The topological polar surface area (TPSA) is 93.5 Å². The summed E-state index contributed by atoms with van der Waals surface area (Å²) in [6.45, 7) is 10.0. The standard InChI is InChI=1S/C28H30FN3O4/c1-6-28(35)17-9-21-24-15(11-32(21)25(33)16(17)12-36-26(28)34)23-19(31-27(3,4)5)8-7-14-13(2)18(29)10-20(30-24)22(14)23/h9-10,19,31,35H,6-8,11-12H2,1-5H3/t19-,28-/m0/s1. The SMILES string of the molecule is CC[C@@]1(O)C(=O)OCc2c1cc1n(c2=O)Cc2c-1nc1cc(F)c(C)c3c1c2[C@@H](NC(C)(C)C)CC3. The lowest BCUT2D eigenvalue weighted by molar-refractivity contribution is -0.172. The minimum atomic E-state index is -1.89. The monoisotopic (exact) mass is 491 g/mol. The second-order valence-corrected chi connectivity index (χ2v) is 11.3. The number of nitrogens with one attached hydrogen (secondary N) is 1. The molecule has 2 N–H and O–H groups in total. The van der Waals surface area contributed by atoms with E-state index < -0.39 is 11.6 Å². The molecule has 0 saturated carbocycles. The van der Waals surface area contributed by atoms with Gasteiger partial charge in [0, 0.05) is 34.2 Å². The highest BCUT2D eigenvalue weighted by Gasteiger charge is 2.46. The third-order valence-corrected chi connectivity index (χ3v) is 7.99. The van der Waals surface area contributed by atoms with Crippen molar-refractivity contribution in [2.24, 2.45) is 0 Å². The van der Waals surface area contributed by atoms with E-state index in [0.29, 0.717) is 34.6 Å². The van der Waals surface area contributed by atoms with Gasteiger partial charge in [-0.3, -0.25) is 4.79 Å². The Morgan fingerprint density at radius 1 is 1.25 bits per heavy atom. The van der Waals surface area contributed by atoms with Crippen LogP contribution in [-0.4, -0.2) is 26.2 Å². The maximum absolute atomic E-state index is 15.0. The molecule has 0 spiro atoms. The van der Waals surface area contributed by atoms with Crippen molar-refractivity contribution < 1.29 is 19.0 Å². The molecule has 0 bridgehead atoms. The zero-order valence-electron chi connectivity index (χ0n) is 21.2. The average Bonchev–Trinajstić information content (AvgIpc) is 3.18. The molecular formula is C28H30FN3O4. The van der Waals surface area contributed by atoms with Gasteiger partial charge >= 0.3 is 5.97 Å². The molecule has 0 fully saturated rings. The molecule has 2 aliphatic heterocycles. The van der Waals surface area contributed by atoms with Gasteiger partial charge in [0.05, 0.1) is 29.0 Å². The highest BCUT2D eigenvalue weighted by Crippen LogP contribution is 2.46. The van der Waals surface area contributed by atoms with Gasteiger partial charge in [-0.15, -0.1) is 0 Å².